The van der Waals surface area contributed by atoms with Crippen molar-refractivity contribution in [2.24, 2.45) is 0 Å². The highest BCUT2D eigenvalue weighted by Gasteiger charge is 2.23. The molecule has 1 N–H and O–H groups in total. The van der Waals surface area contributed by atoms with Gasteiger partial charge in [-0.15, -0.1) is 0 Å². The van der Waals surface area contributed by atoms with E-state index in [1.807, 2.05) is 19.1 Å². The van der Waals surface area contributed by atoms with Gasteiger partial charge in [-0.3, -0.25) is 10.1 Å². The van der Waals surface area contributed by atoms with E-state index in [0.29, 0.717) is 6.04 Å². The maximum absolute atomic E-state index is 11.1. The number of nitro benzene ring substituents is 1. The number of likely N-dealkylation sites (tertiary alicyclic amines) is 1. The first-order valence-electron chi connectivity index (χ1n) is 7.83. The normalized spacial score (nSPS) is 18.6. The van der Waals surface area contributed by atoms with E-state index in [0.717, 1.165) is 31.5 Å². The third kappa shape index (κ3) is 4.25. The molecule has 1 aromatic carbocycles. The molecule has 0 saturated carbocycles. The lowest BCUT2D eigenvalue weighted by Gasteiger charge is -2.33. The first kappa shape index (κ1) is 15.9. The predicted octanol–water partition coefficient (Wildman–Crippen LogP) is 3.12. The van der Waals surface area contributed by atoms with Crippen LogP contribution in [0.3, 0.4) is 0 Å². The summed E-state index contributed by atoms with van der Waals surface area (Å²) in [6.45, 7) is 7.64. The molecule has 1 heterocycles. The lowest BCUT2D eigenvalue weighted by Crippen LogP contribution is -2.43. The first-order chi connectivity index (χ1) is 10.1. The lowest BCUT2D eigenvalue weighted by atomic mass is 10.0. The Morgan fingerprint density at radius 1 is 1.38 bits per heavy atom. The monoisotopic (exact) mass is 291 g/mol. The number of para-hydroxylation sites is 1. The van der Waals surface area contributed by atoms with Crippen molar-refractivity contribution in [3.8, 4) is 0 Å². The van der Waals surface area contributed by atoms with Crippen LogP contribution in [0, 0.1) is 10.1 Å². The number of rotatable bonds is 6. The molecule has 5 nitrogen and oxygen atoms in total. The summed E-state index contributed by atoms with van der Waals surface area (Å²) in [6.07, 6.45) is 3.43. The Bertz CT molecular complexity index is 470. The Kier molecular flexibility index (Phi) is 5.70. The van der Waals surface area contributed by atoms with Gasteiger partial charge in [-0.25, -0.2) is 0 Å². The van der Waals surface area contributed by atoms with E-state index < -0.39 is 0 Å². The van der Waals surface area contributed by atoms with E-state index >= 15 is 0 Å². The molecule has 1 fully saturated rings. The number of piperidine rings is 1. The Morgan fingerprint density at radius 2 is 2.05 bits per heavy atom. The molecule has 21 heavy (non-hydrogen) atoms. The molecule has 1 aliphatic rings. The molecule has 116 valence electrons. The topological polar surface area (TPSA) is 58.4 Å². The van der Waals surface area contributed by atoms with Crippen molar-refractivity contribution in [1.29, 1.82) is 0 Å². The molecule has 1 saturated heterocycles. The van der Waals surface area contributed by atoms with Crippen molar-refractivity contribution >= 4 is 5.69 Å². The van der Waals surface area contributed by atoms with Crippen molar-refractivity contribution in [2.75, 3.05) is 19.6 Å². The minimum atomic E-state index is -0.294. The third-order valence-corrected chi connectivity index (χ3v) is 4.21. The lowest BCUT2D eigenvalue weighted by molar-refractivity contribution is -0.385. The molecule has 0 aromatic heterocycles. The summed E-state index contributed by atoms with van der Waals surface area (Å²) in [6, 6.07) is 7.48. The molecule has 1 aliphatic heterocycles. The SMILES string of the molecule is CCCN1CCC(NC(C)c2ccccc2[N+](=O)[O-])CC1. The number of hydrogen-bond donors (Lipinski definition) is 1. The van der Waals surface area contributed by atoms with Crippen LogP contribution >= 0.6 is 0 Å². The Hall–Kier alpha value is -1.46. The highest BCUT2D eigenvalue weighted by molar-refractivity contribution is 5.41. The molecule has 0 aliphatic carbocycles. The zero-order chi connectivity index (χ0) is 15.2. The van der Waals surface area contributed by atoms with Crippen LogP contribution in [0.5, 0.6) is 0 Å². The van der Waals surface area contributed by atoms with E-state index in [9.17, 15) is 10.1 Å². The van der Waals surface area contributed by atoms with Crippen LogP contribution < -0.4 is 5.32 Å². The average Bonchev–Trinajstić information content (AvgIpc) is 2.49. The van der Waals surface area contributed by atoms with E-state index in [2.05, 4.69) is 17.1 Å². The van der Waals surface area contributed by atoms with E-state index in [1.165, 1.54) is 13.0 Å². The van der Waals surface area contributed by atoms with Gasteiger partial charge in [0, 0.05) is 23.7 Å². The first-order valence-corrected chi connectivity index (χ1v) is 7.83. The molecule has 1 aromatic rings. The van der Waals surface area contributed by atoms with Crippen molar-refractivity contribution in [3.05, 3.63) is 39.9 Å². The third-order valence-electron chi connectivity index (χ3n) is 4.21. The van der Waals surface area contributed by atoms with E-state index in [4.69, 9.17) is 0 Å². The van der Waals surface area contributed by atoms with Crippen LogP contribution in [0.1, 0.15) is 44.7 Å². The van der Waals surface area contributed by atoms with E-state index in [-0.39, 0.29) is 16.7 Å². The summed E-state index contributed by atoms with van der Waals surface area (Å²) in [4.78, 5) is 13.3. The molecule has 0 spiro atoms. The number of nitro groups is 1. The Morgan fingerprint density at radius 3 is 2.67 bits per heavy atom. The second-order valence-electron chi connectivity index (χ2n) is 5.82. The molecule has 0 radical (unpaired) electrons. The Labute approximate surface area is 126 Å². The fourth-order valence-electron chi connectivity index (χ4n) is 3.10. The number of benzene rings is 1. The number of nitrogens with one attached hydrogen (secondary N) is 1. The van der Waals surface area contributed by atoms with Crippen LogP contribution in [-0.4, -0.2) is 35.5 Å². The fraction of sp³-hybridized carbons (Fsp3) is 0.625. The zero-order valence-electron chi connectivity index (χ0n) is 12.9. The van der Waals surface area contributed by atoms with Gasteiger partial charge < -0.3 is 10.2 Å². The summed E-state index contributed by atoms with van der Waals surface area (Å²) < 4.78 is 0. The largest absolute Gasteiger partial charge is 0.307 e. The maximum atomic E-state index is 11.1. The molecule has 5 heteroatoms. The fourth-order valence-corrected chi connectivity index (χ4v) is 3.10. The summed E-state index contributed by atoms with van der Waals surface area (Å²) in [5.74, 6) is 0. The summed E-state index contributed by atoms with van der Waals surface area (Å²) in [5, 5.41) is 14.7. The van der Waals surface area contributed by atoms with Crippen LogP contribution in [0.15, 0.2) is 24.3 Å². The summed E-state index contributed by atoms with van der Waals surface area (Å²) in [7, 11) is 0. The van der Waals surface area contributed by atoms with Gasteiger partial charge in [-0.1, -0.05) is 25.1 Å². The van der Waals surface area contributed by atoms with Crippen LogP contribution in [0.4, 0.5) is 5.69 Å². The van der Waals surface area contributed by atoms with E-state index in [1.54, 1.807) is 12.1 Å². The van der Waals surface area contributed by atoms with Gasteiger partial charge in [0.25, 0.3) is 5.69 Å². The molecule has 1 unspecified atom stereocenters. The predicted molar refractivity (Wildman–Crippen MR) is 84.4 cm³/mol. The summed E-state index contributed by atoms with van der Waals surface area (Å²) in [5.41, 5.74) is 0.986. The molecular formula is C16H25N3O2. The van der Waals surface area contributed by atoms with Gasteiger partial charge in [-0.2, -0.15) is 0 Å². The molecule has 1 atom stereocenters. The molecule has 0 amide bonds. The van der Waals surface area contributed by atoms with Crippen molar-refractivity contribution in [3.63, 3.8) is 0 Å². The van der Waals surface area contributed by atoms with Gasteiger partial charge in [0.15, 0.2) is 0 Å². The molecule has 2 rings (SSSR count). The minimum absolute atomic E-state index is 0.00863. The van der Waals surface area contributed by atoms with Gasteiger partial charge >= 0.3 is 0 Å². The highest BCUT2D eigenvalue weighted by atomic mass is 16.6. The quantitative estimate of drug-likeness (QED) is 0.646. The smallest absolute Gasteiger partial charge is 0.274 e. The van der Waals surface area contributed by atoms with Gasteiger partial charge in [0.1, 0.15) is 0 Å². The molecule has 0 bridgehead atoms. The van der Waals surface area contributed by atoms with Gasteiger partial charge in [0.05, 0.1) is 4.92 Å². The minimum Gasteiger partial charge on any atom is -0.307 e. The second-order valence-corrected chi connectivity index (χ2v) is 5.82. The maximum Gasteiger partial charge on any atom is 0.274 e. The van der Waals surface area contributed by atoms with Crippen LogP contribution in [0.25, 0.3) is 0 Å². The van der Waals surface area contributed by atoms with Gasteiger partial charge in [0.2, 0.25) is 0 Å². The van der Waals surface area contributed by atoms with Crippen molar-refractivity contribution in [2.45, 2.75) is 45.2 Å². The average molecular weight is 291 g/mol. The van der Waals surface area contributed by atoms with Crippen molar-refractivity contribution in [1.82, 2.24) is 10.2 Å². The van der Waals surface area contributed by atoms with Crippen molar-refractivity contribution < 1.29 is 4.92 Å². The Balaban J connectivity index is 1.93. The van der Waals surface area contributed by atoms with Crippen LogP contribution in [0.2, 0.25) is 0 Å². The molecular weight excluding hydrogens is 266 g/mol. The number of hydrogen-bond acceptors (Lipinski definition) is 4. The number of nitrogens with zero attached hydrogens (tertiary/aromatic N) is 2. The highest BCUT2D eigenvalue weighted by Crippen LogP contribution is 2.25. The van der Waals surface area contributed by atoms with Crippen LogP contribution in [-0.2, 0) is 0 Å². The standard InChI is InChI=1S/C16H25N3O2/c1-3-10-18-11-8-14(9-12-18)17-13(2)15-6-4-5-7-16(15)19(20)21/h4-7,13-14,17H,3,8-12H2,1-2H3. The summed E-state index contributed by atoms with van der Waals surface area (Å²) >= 11 is 0. The zero-order valence-corrected chi connectivity index (χ0v) is 12.9. The second kappa shape index (κ2) is 7.52. The van der Waals surface area contributed by atoms with Gasteiger partial charge in [-0.05, 0) is 45.8 Å².